The van der Waals surface area contributed by atoms with Crippen molar-refractivity contribution < 1.29 is 0 Å². The molecular formula is C53H34N4. The topological polar surface area (TPSA) is 27.7 Å². The molecule has 266 valence electrons. The number of fused-ring (bicyclic) bond motifs is 8. The third-order valence-corrected chi connectivity index (χ3v) is 11.7. The van der Waals surface area contributed by atoms with Gasteiger partial charge in [-0.25, -0.2) is 4.98 Å². The Labute approximate surface area is 328 Å². The maximum Gasteiger partial charge on any atom is 0.146 e. The summed E-state index contributed by atoms with van der Waals surface area (Å²) in [7, 11) is 0. The quantitative estimate of drug-likeness (QED) is 0.174. The van der Waals surface area contributed by atoms with Gasteiger partial charge in [0.25, 0.3) is 0 Å². The van der Waals surface area contributed by atoms with Crippen LogP contribution in [0.3, 0.4) is 0 Å². The molecule has 3 aromatic heterocycles. The Bertz CT molecular complexity index is 3510. The van der Waals surface area contributed by atoms with E-state index in [2.05, 4.69) is 220 Å². The van der Waals surface area contributed by atoms with Gasteiger partial charge in [-0.1, -0.05) is 121 Å². The van der Waals surface area contributed by atoms with Crippen LogP contribution in [-0.2, 0) is 0 Å². The zero-order valence-electron chi connectivity index (χ0n) is 30.9. The predicted molar refractivity (Wildman–Crippen MR) is 238 cm³/mol. The Morgan fingerprint density at radius 3 is 1.42 bits per heavy atom. The molecule has 3 heterocycles. The highest BCUT2D eigenvalue weighted by atomic mass is 15.1. The average molecular weight is 727 g/mol. The van der Waals surface area contributed by atoms with Crippen molar-refractivity contribution in [3.8, 4) is 39.6 Å². The van der Waals surface area contributed by atoms with Crippen LogP contribution in [0, 0.1) is 0 Å². The van der Waals surface area contributed by atoms with Gasteiger partial charge >= 0.3 is 0 Å². The van der Waals surface area contributed by atoms with Gasteiger partial charge in [0.05, 0.1) is 33.1 Å². The van der Waals surface area contributed by atoms with Gasteiger partial charge in [0, 0.05) is 44.2 Å². The molecule has 57 heavy (non-hydrogen) atoms. The molecule has 0 saturated carbocycles. The maximum absolute atomic E-state index is 5.20. The maximum atomic E-state index is 5.20. The SMILES string of the molecule is c1ccc(-n2c3ccccc3c3cc(-c4ccc5c(c4)c4ccccc4n5-c4ccc(-n5c(-c6cccc7ccccc67)nc6ccccc65)cc4)ccc32)cc1. The molecule has 4 nitrogen and oxygen atoms in total. The lowest BCUT2D eigenvalue weighted by Gasteiger charge is -2.13. The molecule has 0 spiro atoms. The highest BCUT2D eigenvalue weighted by Gasteiger charge is 2.19. The van der Waals surface area contributed by atoms with E-state index in [1.54, 1.807) is 0 Å². The zero-order valence-corrected chi connectivity index (χ0v) is 30.9. The van der Waals surface area contributed by atoms with Crippen molar-refractivity contribution in [3.63, 3.8) is 0 Å². The zero-order chi connectivity index (χ0) is 37.5. The molecule has 0 amide bonds. The van der Waals surface area contributed by atoms with E-state index in [0.717, 1.165) is 33.8 Å². The number of para-hydroxylation sites is 5. The second-order valence-corrected chi connectivity index (χ2v) is 14.8. The Hall–Kier alpha value is -7.69. The van der Waals surface area contributed by atoms with Gasteiger partial charge in [-0.3, -0.25) is 4.57 Å². The first-order valence-corrected chi connectivity index (χ1v) is 19.5. The molecule has 9 aromatic carbocycles. The molecule has 0 saturated heterocycles. The van der Waals surface area contributed by atoms with Crippen LogP contribution in [0.4, 0.5) is 0 Å². The molecule has 12 aromatic rings. The number of benzene rings is 9. The van der Waals surface area contributed by atoms with Gasteiger partial charge < -0.3 is 9.13 Å². The van der Waals surface area contributed by atoms with Crippen molar-refractivity contribution in [1.29, 1.82) is 0 Å². The average Bonchev–Trinajstić information content (AvgIpc) is 3.94. The third kappa shape index (κ3) is 4.84. The van der Waals surface area contributed by atoms with Crippen molar-refractivity contribution in [2.75, 3.05) is 0 Å². The van der Waals surface area contributed by atoms with Gasteiger partial charge in [-0.15, -0.1) is 0 Å². The van der Waals surface area contributed by atoms with E-state index in [-0.39, 0.29) is 0 Å². The Morgan fingerprint density at radius 2 is 0.772 bits per heavy atom. The van der Waals surface area contributed by atoms with Crippen molar-refractivity contribution in [2.45, 2.75) is 0 Å². The van der Waals surface area contributed by atoms with Crippen molar-refractivity contribution in [2.24, 2.45) is 0 Å². The second kappa shape index (κ2) is 12.4. The minimum absolute atomic E-state index is 0.938. The van der Waals surface area contributed by atoms with E-state index in [4.69, 9.17) is 4.98 Å². The Morgan fingerprint density at radius 1 is 0.298 bits per heavy atom. The summed E-state index contributed by atoms with van der Waals surface area (Å²) >= 11 is 0. The molecule has 0 aliphatic carbocycles. The Balaban J connectivity index is 0.985. The molecule has 0 atom stereocenters. The summed E-state index contributed by atoms with van der Waals surface area (Å²) in [6, 6.07) is 74.4. The molecule has 0 fully saturated rings. The fraction of sp³-hybridized carbons (Fsp3) is 0. The van der Waals surface area contributed by atoms with Crippen LogP contribution in [0.5, 0.6) is 0 Å². The van der Waals surface area contributed by atoms with E-state index in [0.29, 0.717) is 0 Å². The summed E-state index contributed by atoms with van der Waals surface area (Å²) in [5.74, 6) is 0.938. The van der Waals surface area contributed by atoms with E-state index >= 15 is 0 Å². The minimum atomic E-state index is 0.938. The molecular weight excluding hydrogens is 693 g/mol. The summed E-state index contributed by atoms with van der Waals surface area (Å²) in [5, 5.41) is 7.37. The fourth-order valence-electron chi connectivity index (χ4n) is 9.08. The summed E-state index contributed by atoms with van der Waals surface area (Å²) in [4.78, 5) is 5.20. The standard InChI is InChI=1S/C53H34N4/c1-2-15-38(16-3-1)55-48-22-9-6-18-42(48)45-33-36(25-31-50(45)55)37-26-32-51-46(34-37)43-19-7-10-23-49(43)56(51)39-27-29-40(30-28-39)57-52-24-11-8-21-47(52)54-53(57)44-20-12-14-35-13-4-5-17-41(35)44/h1-34H. The second-order valence-electron chi connectivity index (χ2n) is 14.8. The molecule has 0 unspecified atom stereocenters. The number of aromatic nitrogens is 4. The van der Waals surface area contributed by atoms with Crippen molar-refractivity contribution >= 4 is 65.4 Å². The molecule has 0 aliphatic heterocycles. The highest BCUT2D eigenvalue weighted by molar-refractivity contribution is 6.12. The highest BCUT2D eigenvalue weighted by Crippen LogP contribution is 2.39. The molecule has 0 bridgehead atoms. The fourth-order valence-corrected chi connectivity index (χ4v) is 9.08. The normalized spacial score (nSPS) is 11.9. The van der Waals surface area contributed by atoms with Gasteiger partial charge in [-0.2, -0.15) is 0 Å². The first-order chi connectivity index (χ1) is 28.3. The number of hydrogen-bond acceptors (Lipinski definition) is 1. The van der Waals surface area contributed by atoms with Gasteiger partial charge in [-0.05, 0) is 107 Å². The van der Waals surface area contributed by atoms with Crippen LogP contribution in [0.25, 0.3) is 105 Å². The Kier molecular flexibility index (Phi) is 6.89. The van der Waals surface area contributed by atoms with E-state index < -0.39 is 0 Å². The third-order valence-electron chi connectivity index (χ3n) is 11.7. The largest absolute Gasteiger partial charge is 0.309 e. The first-order valence-electron chi connectivity index (χ1n) is 19.5. The van der Waals surface area contributed by atoms with Crippen LogP contribution in [0.1, 0.15) is 0 Å². The first kappa shape index (κ1) is 31.6. The van der Waals surface area contributed by atoms with Crippen molar-refractivity contribution in [1.82, 2.24) is 18.7 Å². The lowest BCUT2D eigenvalue weighted by molar-refractivity contribution is 1.09. The number of nitrogens with zero attached hydrogens (tertiary/aromatic N) is 4. The lowest BCUT2D eigenvalue weighted by atomic mass is 10.0. The molecule has 0 aliphatic rings. The van der Waals surface area contributed by atoms with Gasteiger partial charge in [0.2, 0.25) is 0 Å². The smallest absolute Gasteiger partial charge is 0.146 e. The lowest BCUT2D eigenvalue weighted by Crippen LogP contribution is -2.00. The van der Waals surface area contributed by atoms with Crippen LogP contribution in [0.2, 0.25) is 0 Å². The van der Waals surface area contributed by atoms with Crippen LogP contribution in [-0.4, -0.2) is 18.7 Å². The monoisotopic (exact) mass is 726 g/mol. The number of rotatable bonds is 5. The number of imidazole rings is 1. The van der Waals surface area contributed by atoms with Gasteiger partial charge in [0.15, 0.2) is 0 Å². The summed E-state index contributed by atoms with van der Waals surface area (Å²) in [5.41, 5.74) is 13.7. The van der Waals surface area contributed by atoms with Crippen LogP contribution >= 0.6 is 0 Å². The van der Waals surface area contributed by atoms with Gasteiger partial charge in [0.1, 0.15) is 5.82 Å². The molecule has 0 radical (unpaired) electrons. The summed E-state index contributed by atoms with van der Waals surface area (Å²) < 4.78 is 7.07. The van der Waals surface area contributed by atoms with Crippen LogP contribution < -0.4 is 0 Å². The molecule has 0 N–H and O–H groups in total. The number of hydrogen-bond donors (Lipinski definition) is 0. The summed E-state index contributed by atoms with van der Waals surface area (Å²) in [6.45, 7) is 0. The molecule has 12 rings (SSSR count). The van der Waals surface area contributed by atoms with Crippen molar-refractivity contribution in [3.05, 3.63) is 206 Å². The minimum Gasteiger partial charge on any atom is -0.309 e. The predicted octanol–water partition coefficient (Wildman–Crippen LogP) is 13.7. The molecule has 4 heteroatoms. The van der Waals surface area contributed by atoms with E-state index in [1.807, 2.05) is 0 Å². The summed E-state index contributed by atoms with van der Waals surface area (Å²) in [6.07, 6.45) is 0. The van der Waals surface area contributed by atoms with E-state index in [9.17, 15) is 0 Å². The van der Waals surface area contributed by atoms with E-state index in [1.165, 1.54) is 71.2 Å². The van der Waals surface area contributed by atoms with Crippen LogP contribution in [0.15, 0.2) is 206 Å².